The van der Waals surface area contributed by atoms with E-state index >= 15 is 0 Å². The number of nitrogens with one attached hydrogen (secondary N) is 1. The molecule has 0 saturated carbocycles. The van der Waals surface area contributed by atoms with Gasteiger partial charge in [0, 0.05) is 12.4 Å². The lowest BCUT2D eigenvalue weighted by Gasteiger charge is -2.21. The number of hydrogen-bond acceptors (Lipinski definition) is 3. The minimum atomic E-state index is 0.302. The third-order valence-corrected chi connectivity index (χ3v) is 3.07. The smallest absolute Gasteiger partial charge is 0.145 e. The van der Waals surface area contributed by atoms with Crippen LogP contribution in [-0.4, -0.2) is 16.5 Å². The summed E-state index contributed by atoms with van der Waals surface area (Å²) in [7, 11) is 0. The van der Waals surface area contributed by atoms with E-state index in [9.17, 15) is 0 Å². The van der Waals surface area contributed by atoms with Crippen molar-refractivity contribution >= 4 is 0 Å². The first-order valence-electron chi connectivity index (χ1n) is 6.32. The Morgan fingerprint density at radius 3 is 2.25 bits per heavy atom. The summed E-state index contributed by atoms with van der Waals surface area (Å²) in [6.07, 6.45) is 7.22. The summed E-state index contributed by atoms with van der Waals surface area (Å²) in [6, 6.07) is 2.17. The summed E-state index contributed by atoms with van der Waals surface area (Å²) in [6.45, 7) is 7.60. The molecule has 1 aromatic rings. The number of rotatable bonds is 7. The maximum Gasteiger partial charge on any atom is 0.145 e. The van der Waals surface area contributed by atoms with E-state index in [-0.39, 0.29) is 0 Å². The standard InChI is InChI=1S/C13H23N3/c1-4-11(5-2)10-12(14-6-3)13-15-8-7-9-16-13/h7-9,11-12,14H,4-6,10H2,1-3H3. The Hall–Kier alpha value is -0.960. The van der Waals surface area contributed by atoms with E-state index in [2.05, 4.69) is 36.1 Å². The molecule has 0 fully saturated rings. The highest BCUT2D eigenvalue weighted by atomic mass is 15.0. The second-order valence-electron chi connectivity index (χ2n) is 4.14. The molecule has 0 aromatic carbocycles. The minimum absolute atomic E-state index is 0.302. The van der Waals surface area contributed by atoms with Crippen molar-refractivity contribution in [3.05, 3.63) is 24.3 Å². The predicted molar refractivity (Wildman–Crippen MR) is 67.1 cm³/mol. The molecule has 1 N–H and O–H groups in total. The Kier molecular flexibility index (Phi) is 6.01. The van der Waals surface area contributed by atoms with Gasteiger partial charge in [0.05, 0.1) is 6.04 Å². The van der Waals surface area contributed by atoms with Crippen LogP contribution in [0.15, 0.2) is 18.5 Å². The quantitative estimate of drug-likeness (QED) is 0.769. The molecule has 0 amide bonds. The van der Waals surface area contributed by atoms with Crippen molar-refractivity contribution in [3.8, 4) is 0 Å². The molecule has 1 heterocycles. The van der Waals surface area contributed by atoms with E-state index in [4.69, 9.17) is 0 Å². The summed E-state index contributed by atoms with van der Waals surface area (Å²) in [5.41, 5.74) is 0. The lowest BCUT2D eigenvalue weighted by atomic mass is 9.94. The van der Waals surface area contributed by atoms with E-state index in [0.29, 0.717) is 6.04 Å². The summed E-state index contributed by atoms with van der Waals surface area (Å²) in [4.78, 5) is 8.69. The third-order valence-electron chi connectivity index (χ3n) is 3.07. The fourth-order valence-electron chi connectivity index (χ4n) is 1.97. The number of nitrogens with zero attached hydrogens (tertiary/aromatic N) is 2. The maximum atomic E-state index is 4.35. The Labute approximate surface area is 98.7 Å². The van der Waals surface area contributed by atoms with Crippen LogP contribution in [0.25, 0.3) is 0 Å². The SMILES string of the molecule is CCNC(CC(CC)CC)c1ncccn1. The Morgan fingerprint density at radius 1 is 1.12 bits per heavy atom. The molecule has 0 radical (unpaired) electrons. The second-order valence-corrected chi connectivity index (χ2v) is 4.14. The van der Waals surface area contributed by atoms with Gasteiger partial charge in [-0.2, -0.15) is 0 Å². The first-order valence-corrected chi connectivity index (χ1v) is 6.32. The maximum absolute atomic E-state index is 4.35. The first-order chi connectivity index (χ1) is 7.81. The van der Waals surface area contributed by atoms with Crippen molar-refractivity contribution in [2.24, 2.45) is 5.92 Å². The van der Waals surface area contributed by atoms with E-state index in [1.54, 1.807) is 0 Å². The largest absolute Gasteiger partial charge is 0.308 e. The van der Waals surface area contributed by atoms with Crippen molar-refractivity contribution in [3.63, 3.8) is 0 Å². The summed E-state index contributed by atoms with van der Waals surface area (Å²) >= 11 is 0. The van der Waals surface area contributed by atoms with Crippen molar-refractivity contribution in [2.75, 3.05) is 6.54 Å². The summed E-state index contributed by atoms with van der Waals surface area (Å²) in [5.74, 6) is 1.68. The average molecular weight is 221 g/mol. The minimum Gasteiger partial charge on any atom is -0.308 e. The van der Waals surface area contributed by atoms with Crippen LogP contribution in [0, 0.1) is 5.92 Å². The van der Waals surface area contributed by atoms with Crippen LogP contribution in [0.5, 0.6) is 0 Å². The monoisotopic (exact) mass is 221 g/mol. The van der Waals surface area contributed by atoms with Gasteiger partial charge in [0.15, 0.2) is 0 Å². The van der Waals surface area contributed by atoms with Crippen LogP contribution in [0.3, 0.4) is 0 Å². The molecule has 1 unspecified atom stereocenters. The molecule has 3 heteroatoms. The van der Waals surface area contributed by atoms with Gasteiger partial charge in [0.25, 0.3) is 0 Å². The molecule has 1 aromatic heterocycles. The molecular formula is C13H23N3. The molecule has 1 atom stereocenters. The molecule has 0 bridgehead atoms. The van der Waals surface area contributed by atoms with Gasteiger partial charge in [-0.05, 0) is 24.9 Å². The highest BCUT2D eigenvalue weighted by Crippen LogP contribution is 2.22. The zero-order chi connectivity index (χ0) is 11.8. The first kappa shape index (κ1) is 13.1. The van der Waals surface area contributed by atoms with Gasteiger partial charge >= 0.3 is 0 Å². The molecule has 16 heavy (non-hydrogen) atoms. The van der Waals surface area contributed by atoms with Gasteiger partial charge in [0.1, 0.15) is 5.82 Å². The Bertz CT molecular complexity index is 270. The molecular weight excluding hydrogens is 198 g/mol. The highest BCUT2D eigenvalue weighted by Gasteiger charge is 2.16. The summed E-state index contributed by atoms with van der Waals surface area (Å²) in [5, 5.41) is 3.47. The lowest BCUT2D eigenvalue weighted by Crippen LogP contribution is -2.25. The van der Waals surface area contributed by atoms with Crippen LogP contribution >= 0.6 is 0 Å². The van der Waals surface area contributed by atoms with Gasteiger partial charge in [-0.15, -0.1) is 0 Å². The Morgan fingerprint density at radius 2 is 1.75 bits per heavy atom. The van der Waals surface area contributed by atoms with Crippen molar-refractivity contribution < 1.29 is 0 Å². The highest BCUT2D eigenvalue weighted by molar-refractivity contribution is 4.96. The fraction of sp³-hybridized carbons (Fsp3) is 0.692. The van der Waals surface area contributed by atoms with Crippen molar-refractivity contribution in [2.45, 2.75) is 46.1 Å². The normalized spacial score (nSPS) is 13.0. The van der Waals surface area contributed by atoms with Crippen LogP contribution in [0.2, 0.25) is 0 Å². The van der Waals surface area contributed by atoms with Crippen molar-refractivity contribution in [1.29, 1.82) is 0 Å². The van der Waals surface area contributed by atoms with E-state index in [1.165, 1.54) is 12.8 Å². The van der Waals surface area contributed by atoms with Gasteiger partial charge in [-0.25, -0.2) is 9.97 Å². The number of aromatic nitrogens is 2. The molecule has 3 nitrogen and oxygen atoms in total. The lowest BCUT2D eigenvalue weighted by molar-refractivity contribution is 0.365. The number of hydrogen-bond donors (Lipinski definition) is 1. The second kappa shape index (κ2) is 7.34. The zero-order valence-electron chi connectivity index (χ0n) is 10.6. The van der Waals surface area contributed by atoms with Crippen LogP contribution in [0.4, 0.5) is 0 Å². The molecule has 0 aliphatic carbocycles. The van der Waals surface area contributed by atoms with Crippen LogP contribution in [0.1, 0.15) is 51.9 Å². The molecule has 1 rings (SSSR count). The zero-order valence-corrected chi connectivity index (χ0v) is 10.6. The van der Waals surface area contributed by atoms with E-state index < -0.39 is 0 Å². The van der Waals surface area contributed by atoms with E-state index in [0.717, 1.165) is 24.7 Å². The molecule has 0 aliphatic rings. The van der Waals surface area contributed by atoms with Crippen LogP contribution in [-0.2, 0) is 0 Å². The van der Waals surface area contributed by atoms with E-state index in [1.807, 2.05) is 18.5 Å². The van der Waals surface area contributed by atoms with Gasteiger partial charge in [0.2, 0.25) is 0 Å². The molecule has 0 saturated heterocycles. The van der Waals surface area contributed by atoms with Gasteiger partial charge < -0.3 is 5.32 Å². The van der Waals surface area contributed by atoms with Gasteiger partial charge in [-0.1, -0.05) is 33.6 Å². The third kappa shape index (κ3) is 3.89. The molecule has 90 valence electrons. The summed E-state index contributed by atoms with van der Waals surface area (Å²) < 4.78 is 0. The molecule has 0 spiro atoms. The molecule has 0 aliphatic heterocycles. The average Bonchev–Trinajstić information content (AvgIpc) is 2.35. The fourth-order valence-corrected chi connectivity index (χ4v) is 1.97. The predicted octanol–water partition coefficient (Wildman–Crippen LogP) is 2.95. The van der Waals surface area contributed by atoms with Crippen LogP contribution < -0.4 is 5.32 Å². The Balaban J connectivity index is 2.67. The van der Waals surface area contributed by atoms with Gasteiger partial charge in [-0.3, -0.25) is 0 Å². The topological polar surface area (TPSA) is 37.8 Å². The van der Waals surface area contributed by atoms with Crippen molar-refractivity contribution in [1.82, 2.24) is 15.3 Å².